The van der Waals surface area contributed by atoms with Crippen LogP contribution >= 0.6 is 0 Å². The van der Waals surface area contributed by atoms with Crippen LogP contribution in [0.15, 0.2) is 24.3 Å². The highest BCUT2D eigenvalue weighted by atomic mass is 16.7. The molecule has 2 saturated heterocycles. The van der Waals surface area contributed by atoms with Gasteiger partial charge in [0.1, 0.15) is 54.6 Å². The molecule has 2 aliphatic heterocycles. The van der Waals surface area contributed by atoms with E-state index < -0.39 is 79.5 Å². The number of aliphatic hydroxyl groups is 7. The summed E-state index contributed by atoms with van der Waals surface area (Å²) < 4.78 is 21.5. The van der Waals surface area contributed by atoms with Crippen LogP contribution in [0.2, 0.25) is 0 Å². The van der Waals surface area contributed by atoms with Gasteiger partial charge in [0.15, 0.2) is 6.29 Å². The molecule has 3 rings (SSSR count). The Morgan fingerprint density at radius 1 is 0.812 bits per heavy atom. The zero-order valence-corrected chi connectivity index (χ0v) is 16.5. The molecule has 180 valence electrons. The second-order valence-electron chi connectivity index (χ2n) is 7.37. The third-order valence-electron chi connectivity index (χ3n) is 5.26. The molecule has 0 aliphatic carbocycles. The van der Waals surface area contributed by atoms with Crippen LogP contribution in [0.3, 0.4) is 0 Å². The van der Waals surface area contributed by atoms with Gasteiger partial charge in [-0.25, -0.2) is 0 Å². The topological polar surface area (TPSA) is 222 Å². The number of nitrogens with zero attached hydrogens (tertiary/aromatic N) is 1. The fraction of sp³-hybridized carbons (Fsp3) is 0.667. The average molecular weight is 463 g/mol. The minimum atomic E-state index is -1.77. The molecule has 7 N–H and O–H groups in total. The van der Waals surface area contributed by atoms with Crippen LogP contribution in [-0.4, -0.2) is 115 Å². The van der Waals surface area contributed by atoms with Crippen molar-refractivity contribution in [3.8, 4) is 5.75 Å². The summed E-state index contributed by atoms with van der Waals surface area (Å²) in [4.78, 5) is 10.1. The molecule has 1 aromatic carbocycles. The Morgan fingerprint density at radius 3 is 1.94 bits per heavy atom. The Labute approximate surface area is 180 Å². The molecule has 0 spiro atoms. The van der Waals surface area contributed by atoms with E-state index in [4.69, 9.17) is 18.9 Å². The Hall–Kier alpha value is -1.98. The number of nitro benzene ring substituents is 1. The number of nitro groups is 1. The van der Waals surface area contributed by atoms with Gasteiger partial charge in [0.05, 0.1) is 18.1 Å². The summed E-state index contributed by atoms with van der Waals surface area (Å²) in [6, 6.07) is 4.83. The van der Waals surface area contributed by atoms with E-state index in [1.807, 2.05) is 0 Å². The molecule has 14 heteroatoms. The second kappa shape index (κ2) is 10.3. The quantitative estimate of drug-likeness (QED) is 0.155. The van der Waals surface area contributed by atoms with Crippen molar-refractivity contribution in [1.29, 1.82) is 0 Å². The first-order valence-corrected chi connectivity index (χ1v) is 9.67. The maximum Gasteiger partial charge on any atom is 0.269 e. The molecular weight excluding hydrogens is 438 g/mol. The molecule has 1 aromatic rings. The fourth-order valence-corrected chi connectivity index (χ4v) is 3.43. The van der Waals surface area contributed by atoms with E-state index in [1.54, 1.807) is 0 Å². The molecule has 32 heavy (non-hydrogen) atoms. The lowest BCUT2D eigenvalue weighted by Crippen LogP contribution is -2.65. The average Bonchev–Trinajstić information content (AvgIpc) is 2.79. The number of hydrogen-bond donors (Lipinski definition) is 7. The van der Waals surface area contributed by atoms with Gasteiger partial charge in [-0.2, -0.15) is 0 Å². The first-order chi connectivity index (χ1) is 15.2. The highest BCUT2D eigenvalue weighted by Crippen LogP contribution is 2.30. The Balaban J connectivity index is 1.70. The predicted molar refractivity (Wildman–Crippen MR) is 100 cm³/mol. The first kappa shape index (κ1) is 24.7. The summed E-state index contributed by atoms with van der Waals surface area (Å²) in [6.07, 6.45) is -15.7. The largest absolute Gasteiger partial charge is 0.462 e. The molecule has 10 atom stereocenters. The molecule has 2 heterocycles. The standard InChI is InChI=1S/C18H25NO13/c20-5-9-11(22)12(23)14(25)18(30-9)32-16-10(6-21)31-17(15(26)13(16)24)29-8-3-1-7(2-4-8)19(27)28/h1-4,9-18,20-26H,5-6H2/t9?,10-,11-,12?,13?,14?,15-,16?,17?,18?/m1/s1. The smallest absolute Gasteiger partial charge is 0.269 e. The van der Waals surface area contributed by atoms with E-state index in [0.29, 0.717) is 0 Å². The monoisotopic (exact) mass is 463 g/mol. The van der Waals surface area contributed by atoms with Gasteiger partial charge >= 0.3 is 0 Å². The van der Waals surface area contributed by atoms with Crippen molar-refractivity contribution in [2.45, 2.75) is 61.4 Å². The summed E-state index contributed by atoms with van der Waals surface area (Å²) in [5.41, 5.74) is -0.191. The zero-order valence-electron chi connectivity index (χ0n) is 16.5. The Bertz CT molecular complexity index is 760. The van der Waals surface area contributed by atoms with Crippen LogP contribution in [0.5, 0.6) is 5.75 Å². The van der Waals surface area contributed by atoms with Crippen molar-refractivity contribution in [3.05, 3.63) is 34.4 Å². The van der Waals surface area contributed by atoms with E-state index in [-0.39, 0.29) is 11.4 Å². The second-order valence-corrected chi connectivity index (χ2v) is 7.37. The van der Waals surface area contributed by atoms with E-state index in [2.05, 4.69) is 0 Å². The number of aliphatic hydroxyl groups excluding tert-OH is 7. The first-order valence-electron chi connectivity index (χ1n) is 9.67. The summed E-state index contributed by atoms with van der Waals surface area (Å²) in [5.74, 6) is 0.0804. The highest BCUT2D eigenvalue weighted by Gasteiger charge is 2.51. The highest BCUT2D eigenvalue weighted by molar-refractivity contribution is 5.36. The number of benzene rings is 1. The van der Waals surface area contributed by atoms with Crippen LogP contribution in [0.1, 0.15) is 0 Å². The molecule has 0 bridgehead atoms. The number of rotatable bonds is 7. The molecular formula is C18H25NO13. The molecule has 0 aromatic heterocycles. The van der Waals surface area contributed by atoms with Gasteiger partial charge in [0.2, 0.25) is 6.29 Å². The molecule has 0 saturated carbocycles. The maximum atomic E-state index is 10.7. The maximum absolute atomic E-state index is 10.7. The lowest BCUT2D eigenvalue weighted by molar-refractivity contribution is -0.384. The van der Waals surface area contributed by atoms with Crippen molar-refractivity contribution in [2.24, 2.45) is 0 Å². The lowest BCUT2D eigenvalue weighted by atomic mass is 9.97. The van der Waals surface area contributed by atoms with Gasteiger partial charge in [-0.3, -0.25) is 10.1 Å². The van der Waals surface area contributed by atoms with Gasteiger partial charge in [0, 0.05) is 12.1 Å². The van der Waals surface area contributed by atoms with Gasteiger partial charge in [-0.15, -0.1) is 0 Å². The van der Waals surface area contributed by atoms with E-state index in [0.717, 1.165) is 12.1 Å². The third kappa shape index (κ3) is 4.99. The molecule has 0 radical (unpaired) electrons. The molecule has 2 fully saturated rings. The Morgan fingerprint density at radius 2 is 1.38 bits per heavy atom. The fourth-order valence-electron chi connectivity index (χ4n) is 3.43. The number of hydrogen-bond acceptors (Lipinski definition) is 13. The zero-order chi connectivity index (χ0) is 23.6. The molecule has 0 amide bonds. The van der Waals surface area contributed by atoms with E-state index >= 15 is 0 Å². The summed E-state index contributed by atoms with van der Waals surface area (Å²) in [6.45, 7) is -1.42. The Kier molecular flexibility index (Phi) is 7.94. The van der Waals surface area contributed by atoms with Crippen molar-refractivity contribution in [1.82, 2.24) is 0 Å². The summed E-state index contributed by atoms with van der Waals surface area (Å²) in [7, 11) is 0. The molecule has 7 unspecified atom stereocenters. The van der Waals surface area contributed by atoms with Crippen molar-refractivity contribution >= 4 is 5.69 Å². The third-order valence-corrected chi connectivity index (χ3v) is 5.26. The van der Waals surface area contributed by atoms with E-state index in [1.165, 1.54) is 12.1 Å². The summed E-state index contributed by atoms with van der Waals surface area (Å²) >= 11 is 0. The van der Waals surface area contributed by atoms with Crippen molar-refractivity contribution < 1.29 is 59.6 Å². The van der Waals surface area contributed by atoms with Gasteiger partial charge in [-0.05, 0) is 12.1 Å². The van der Waals surface area contributed by atoms with Gasteiger partial charge in [-0.1, -0.05) is 0 Å². The normalized spacial score (nSPS) is 40.1. The van der Waals surface area contributed by atoms with Crippen LogP contribution in [0.4, 0.5) is 5.69 Å². The van der Waals surface area contributed by atoms with Gasteiger partial charge in [0.25, 0.3) is 5.69 Å². The minimum Gasteiger partial charge on any atom is -0.462 e. The predicted octanol–water partition coefficient (Wildman–Crippen LogP) is -3.40. The minimum absolute atomic E-state index is 0.0804. The van der Waals surface area contributed by atoms with E-state index in [9.17, 15) is 45.9 Å². The number of non-ortho nitro benzene ring substituents is 1. The van der Waals surface area contributed by atoms with Crippen LogP contribution in [0.25, 0.3) is 0 Å². The lowest BCUT2D eigenvalue weighted by Gasteiger charge is -2.45. The van der Waals surface area contributed by atoms with Crippen molar-refractivity contribution in [3.63, 3.8) is 0 Å². The molecule has 2 aliphatic rings. The SMILES string of the molecule is O=[N+]([O-])c1ccc(OC2O[C@H](CO)C(OC3OC(CO)[C@@H](O)C(O)C3O)C(O)[C@H]2O)cc1. The van der Waals surface area contributed by atoms with Crippen LogP contribution < -0.4 is 4.74 Å². The van der Waals surface area contributed by atoms with Gasteiger partial charge < -0.3 is 54.7 Å². The van der Waals surface area contributed by atoms with Crippen molar-refractivity contribution in [2.75, 3.05) is 13.2 Å². The van der Waals surface area contributed by atoms with Crippen LogP contribution in [0, 0.1) is 10.1 Å². The number of ether oxygens (including phenoxy) is 4. The molecule has 14 nitrogen and oxygen atoms in total. The summed E-state index contributed by atoms with van der Waals surface area (Å²) in [5, 5.41) is 80.4. The van der Waals surface area contributed by atoms with Crippen LogP contribution in [-0.2, 0) is 14.2 Å².